The monoisotopic (exact) mass is 768 g/mol. The molecule has 0 bridgehead atoms. The van der Waals surface area contributed by atoms with Crippen molar-refractivity contribution < 1.29 is 25.9 Å². The Labute approximate surface area is 254 Å². The number of aromatic nitrogens is 2. The van der Waals surface area contributed by atoms with Crippen molar-refractivity contribution in [2.75, 3.05) is 9.44 Å². The maximum absolute atomic E-state index is 12.2. The number of nitrogens with one attached hydrogen (secondary N) is 2. The smallest absolute Gasteiger partial charge is 0.265 e. The average molecular weight is 772 g/mol. The summed E-state index contributed by atoms with van der Waals surface area (Å²) in [4.78, 5) is -0.273. The van der Waals surface area contributed by atoms with Crippen LogP contribution in [0.1, 0.15) is 11.4 Å². The van der Waals surface area contributed by atoms with E-state index >= 15 is 0 Å². The standard InChI is InChI=1S/2C10H7BrCl2N2O3S/c2*1-5-9(11)10(18-14-5)15-19(16,17)8-4-6(12)2-3-7(8)13/h2*2-4,15H,1H3. The van der Waals surface area contributed by atoms with Gasteiger partial charge in [0, 0.05) is 10.0 Å². The Kier molecular flexibility index (Phi) is 10.1. The lowest BCUT2D eigenvalue weighted by Crippen LogP contribution is -2.13. The predicted octanol–water partition coefficient (Wildman–Crippen LogP) is 7.71. The van der Waals surface area contributed by atoms with Gasteiger partial charge in [0.25, 0.3) is 31.8 Å². The fraction of sp³-hybridized carbons (Fsp3) is 0.100. The summed E-state index contributed by atoms with van der Waals surface area (Å²) in [6.07, 6.45) is 0. The van der Waals surface area contributed by atoms with Crippen molar-refractivity contribution >= 4 is 110 Å². The van der Waals surface area contributed by atoms with Gasteiger partial charge in [0.2, 0.25) is 0 Å². The number of hydrogen-bond acceptors (Lipinski definition) is 8. The van der Waals surface area contributed by atoms with Crippen LogP contribution < -0.4 is 9.44 Å². The summed E-state index contributed by atoms with van der Waals surface area (Å²) in [5, 5.41) is 7.89. The van der Waals surface area contributed by atoms with Crippen LogP contribution in [0.2, 0.25) is 20.1 Å². The third kappa shape index (κ3) is 7.36. The molecule has 0 fully saturated rings. The molecular weight excluding hydrogens is 758 g/mol. The number of hydrogen-bond donors (Lipinski definition) is 2. The highest BCUT2D eigenvalue weighted by atomic mass is 79.9. The van der Waals surface area contributed by atoms with Crippen LogP contribution in [0.3, 0.4) is 0 Å². The van der Waals surface area contributed by atoms with E-state index < -0.39 is 20.0 Å². The Bertz CT molecular complexity index is 1590. The number of sulfonamides is 2. The summed E-state index contributed by atoms with van der Waals surface area (Å²) < 4.78 is 63.8. The first-order valence-electron chi connectivity index (χ1n) is 9.81. The molecule has 0 atom stereocenters. The van der Waals surface area contributed by atoms with Gasteiger partial charge in [-0.2, -0.15) is 0 Å². The fourth-order valence-electron chi connectivity index (χ4n) is 2.56. The van der Waals surface area contributed by atoms with Crippen LogP contribution >= 0.6 is 78.3 Å². The SMILES string of the molecule is Cc1noc(NS(=O)(=O)c2cc(Cl)ccc2Cl)c1Br.Cc1noc(NS(=O)(=O)c2cc(Cl)ccc2Cl)c1Br. The Morgan fingerprint density at radius 3 is 1.32 bits per heavy atom. The van der Waals surface area contributed by atoms with Crippen LogP contribution in [-0.2, 0) is 20.0 Å². The van der Waals surface area contributed by atoms with Crippen molar-refractivity contribution in [2.24, 2.45) is 0 Å². The van der Waals surface area contributed by atoms with E-state index in [9.17, 15) is 16.8 Å². The second kappa shape index (κ2) is 12.3. The maximum atomic E-state index is 12.2. The number of benzene rings is 2. The Morgan fingerprint density at radius 2 is 1.03 bits per heavy atom. The topological polar surface area (TPSA) is 144 Å². The second-order valence-corrected chi connectivity index (χ2v) is 13.8. The fourth-order valence-corrected chi connectivity index (χ4v) is 6.83. The number of halogens is 6. The van der Waals surface area contributed by atoms with Crippen molar-refractivity contribution in [1.29, 1.82) is 0 Å². The maximum Gasteiger partial charge on any atom is 0.265 e. The van der Waals surface area contributed by atoms with E-state index in [2.05, 4.69) is 51.6 Å². The molecule has 204 valence electrons. The molecule has 2 aromatic heterocycles. The molecule has 0 spiro atoms. The third-order valence-corrected chi connectivity index (χ3v) is 10.4. The molecule has 18 heteroatoms. The highest BCUT2D eigenvalue weighted by molar-refractivity contribution is 9.11. The molecule has 2 heterocycles. The van der Waals surface area contributed by atoms with E-state index in [0.29, 0.717) is 20.3 Å². The van der Waals surface area contributed by atoms with Crippen molar-refractivity contribution in [3.63, 3.8) is 0 Å². The first-order valence-corrected chi connectivity index (χ1v) is 15.9. The summed E-state index contributed by atoms with van der Waals surface area (Å²) in [5.41, 5.74) is 1.05. The quantitative estimate of drug-likeness (QED) is 0.203. The molecule has 0 saturated heterocycles. The molecule has 0 aliphatic heterocycles. The zero-order valence-corrected chi connectivity index (χ0v) is 26.7. The Hall–Kier alpha value is -1.52. The van der Waals surface area contributed by atoms with E-state index in [-0.39, 0.29) is 41.6 Å². The van der Waals surface area contributed by atoms with Crippen LogP contribution in [0, 0.1) is 13.8 Å². The van der Waals surface area contributed by atoms with Crippen molar-refractivity contribution in [3.05, 3.63) is 76.8 Å². The molecule has 10 nitrogen and oxygen atoms in total. The van der Waals surface area contributed by atoms with Gasteiger partial charge in [0.1, 0.15) is 18.7 Å². The summed E-state index contributed by atoms with van der Waals surface area (Å²) in [7, 11) is -7.81. The molecule has 4 rings (SSSR count). The number of anilines is 2. The molecule has 0 unspecified atom stereocenters. The minimum Gasteiger partial charge on any atom is -0.336 e. The van der Waals surface area contributed by atoms with E-state index in [0.717, 1.165) is 0 Å². The number of rotatable bonds is 6. The molecule has 0 aliphatic rings. The van der Waals surface area contributed by atoms with Crippen LogP contribution in [0.4, 0.5) is 11.8 Å². The first kappa shape index (κ1) is 31.0. The van der Waals surface area contributed by atoms with Gasteiger partial charge in [-0.1, -0.05) is 56.7 Å². The van der Waals surface area contributed by atoms with Crippen LogP contribution in [-0.4, -0.2) is 27.1 Å². The summed E-state index contributed by atoms with van der Waals surface area (Å²) >= 11 is 29.6. The van der Waals surface area contributed by atoms with Gasteiger partial charge in [-0.05, 0) is 82.1 Å². The predicted molar refractivity (Wildman–Crippen MR) is 152 cm³/mol. The van der Waals surface area contributed by atoms with Crippen LogP contribution in [0.5, 0.6) is 0 Å². The molecule has 0 aliphatic carbocycles. The number of nitrogens with zero attached hydrogens (tertiary/aromatic N) is 2. The first-order chi connectivity index (χ1) is 17.6. The lowest BCUT2D eigenvalue weighted by Gasteiger charge is -2.07. The van der Waals surface area contributed by atoms with Crippen molar-refractivity contribution in [1.82, 2.24) is 10.3 Å². The van der Waals surface area contributed by atoms with Crippen molar-refractivity contribution in [2.45, 2.75) is 23.6 Å². The molecule has 0 radical (unpaired) electrons. The zero-order chi connectivity index (χ0) is 28.4. The lowest BCUT2D eigenvalue weighted by molar-refractivity contribution is 0.430. The van der Waals surface area contributed by atoms with Gasteiger partial charge < -0.3 is 9.05 Å². The highest BCUT2D eigenvalue weighted by Gasteiger charge is 2.24. The molecule has 38 heavy (non-hydrogen) atoms. The normalized spacial score (nSPS) is 11.6. The van der Waals surface area contributed by atoms with Crippen molar-refractivity contribution in [3.8, 4) is 0 Å². The Morgan fingerprint density at radius 1 is 0.684 bits per heavy atom. The summed E-state index contributed by atoms with van der Waals surface area (Å²) in [6, 6.07) is 8.31. The Balaban J connectivity index is 0.000000211. The van der Waals surface area contributed by atoms with E-state index in [4.69, 9.17) is 55.4 Å². The summed E-state index contributed by atoms with van der Waals surface area (Å²) in [5.74, 6) is -0.0397. The van der Waals surface area contributed by atoms with Gasteiger partial charge in [-0.3, -0.25) is 0 Å². The minimum atomic E-state index is -3.91. The second-order valence-electron chi connectivity index (χ2n) is 7.18. The largest absolute Gasteiger partial charge is 0.336 e. The van der Waals surface area contributed by atoms with Gasteiger partial charge in [0.05, 0.1) is 21.4 Å². The molecular formula is C20H14Br2Cl4N4O6S2. The van der Waals surface area contributed by atoms with Gasteiger partial charge >= 0.3 is 0 Å². The molecule has 2 aromatic carbocycles. The highest BCUT2D eigenvalue weighted by Crippen LogP contribution is 2.32. The molecule has 0 amide bonds. The van der Waals surface area contributed by atoms with E-state index in [1.807, 2.05) is 0 Å². The summed E-state index contributed by atoms with van der Waals surface area (Å²) in [6.45, 7) is 3.33. The van der Waals surface area contributed by atoms with Gasteiger partial charge in [-0.25, -0.2) is 26.3 Å². The zero-order valence-electron chi connectivity index (χ0n) is 18.9. The third-order valence-electron chi connectivity index (χ3n) is 4.40. The van der Waals surface area contributed by atoms with Crippen LogP contribution in [0.15, 0.2) is 64.2 Å². The minimum absolute atomic E-state index is 0.0199. The van der Waals surface area contributed by atoms with Gasteiger partial charge in [0.15, 0.2) is 0 Å². The molecule has 4 aromatic rings. The molecule has 2 N–H and O–H groups in total. The molecule has 0 saturated carbocycles. The lowest BCUT2D eigenvalue weighted by atomic mass is 10.4. The van der Waals surface area contributed by atoms with Gasteiger partial charge in [-0.15, -0.1) is 0 Å². The van der Waals surface area contributed by atoms with E-state index in [1.165, 1.54) is 36.4 Å². The van der Waals surface area contributed by atoms with E-state index in [1.54, 1.807) is 13.8 Å². The van der Waals surface area contributed by atoms with Crippen LogP contribution in [0.25, 0.3) is 0 Å². The average Bonchev–Trinajstić information content (AvgIpc) is 3.32. The number of aryl methyl sites for hydroxylation is 2.